The second-order valence-electron chi connectivity index (χ2n) is 4.29. The largest absolute Gasteiger partial charge is 0.335 e. The van der Waals surface area contributed by atoms with Crippen LogP contribution in [0.1, 0.15) is 6.42 Å². The van der Waals surface area contributed by atoms with Gasteiger partial charge in [0, 0.05) is 22.8 Å². The average Bonchev–Trinajstić information content (AvgIpc) is 2.49. The SMILES string of the molecule is N#CCCN(c1ccccc1)c1ccc(Br)cc1[N+](=O)[O-]. The average molecular weight is 346 g/mol. The van der Waals surface area contributed by atoms with E-state index < -0.39 is 4.92 Å². The molecule has 2 rings (SSSR count). The summed E-state index contributed by atoms with van der Waals surface area (Å²) < 4.78 is 0.645. The lowest BCUT2D eigenvalue weighted by atomic mass is 10.2. The molecule has 21 heavy (non-hydrogen) atoms. The van der Waals surface area contributed by atoms with E-state index in [0.29, 0.717) is 16.7 Å². The van der Waals surface area contributed by atoms with E-state index in [1.165, 1.54) is 6.07 Å². The van der Waals surface area contributed by atoms with Crippen molar-refractivity contribution in [2.75, 3.05) is 11.4 Å². The minimum Gasteiger partial charge on any atom is -0.335 e. The van der Waals surface area contributed by atoms with E-state index in [2.05, 4.69) is 22.0 Å². The van der Waals surface area contributed by atoms with Gasteiger partial charge in [0.05, 0.1) is 17.4 Å². The molecule has 106 valence electrons. The van der Waals surface area contributed by atoms with Gasteiger partial charge in [-0.3, -0.25) is 10.1 Å². The molecule has 0 saturated heterocycles. The molecule has 6 heteroatoms. The van der Waals surface area contributed by atoms with Gasteiger partial charge in [-0.15, -0.1) is 0 Å². The molecule has 0 radical (unpaired) electrons. The first-order valence-corrected chi connectivity index (χ1v) is 7.06. The molecular formula is C15H12BrN3O2. The molecule has 0 N–H and O–H groups in total. The molecule has 0 aliphatic heterocycles. The fourth-order valence-corrected chi connectivity index (χ4v) is 2.38. The van der Waals surface area contributed by atoms with E-state index >= 15 is 0 Å². The minimum atomic E-state index is -0.414. The number of nitriles is 1. The number of rotatable bonds is 5. The van der Waals surface area contributed by atoms with Gasteiger partial charge < -0.3 is 4.90 Å². The Morgan fingerprint density at radius 1 is 1.24 bits per heavy atom. The number of nitro groups is 1. The molecule has 0 aliphatic rings. The van der Waals surface area contributed by atoms with Crippen molar-refractivity contribution in [1.82, 2.24) is 0 Å². The van der Waals surface area contributed by atoms with E-state index in [-0.39, 0.29) is 12.1 Å². The summed E-state index contributed by atoms with van der Waals surface area (Å²) in [5.74, 6) is 0. The molecule has 2 aromatic carbocycles. The summed E-state index contributed by atoms with van der Waals surface area (Å²) in [6.07, 6.45) is 0.280. The van der Waals surface area contributed by atoms with Crippen LogP contribution in [0.25, 0.3) is 0 Å². The fraction of sp³-hybridized carbons (Fsp3) is 0.133. The lowest BCUT2D eigenvalue weighted by Gasteiger charge is -2.23. The zero-order valence-electron chi connectivity index (χ0n) is 11.1. The van der Waals surface area contributed by atoms with Gasteiger partial charge in [0.25, 0.3) is 5.69 Å². The van der Waals surface area contributed by atoms with Gasteiger partial charge in [0.2, 0.25) is 0 Å². The Balaban J connectivity index is 2.52. The highest BCUT2D eigenvalue weighted by Gasteiger charge is 2.20. The van der Waals surface area contributed by atoms with Crippen molar-refractivity contribution < 1.29 is 4.92 Å². The van der Waals surface area contributed by atoms with Crippen LogP contribution in [-0.4, -0.2) is 11.5 Å². The Hall–Kier alpha value is -2.39. The lowest BCUT2D eigenvalue weighted by Crippen LogP contribution is -2.19. The standard InChI is InChI=1S/C15H12BrN3O2/c16-12-7-8-14(15(11-12)19(20)21)18(10-4-9-17)13-5-2-1-3-6-13/h1-3,5-8,11H,4,10H2. The smallest absolute Gasteiger partial charge is 0.294 e. The van der Waals surface area contributed by atoms with Crippen LogP contribution in [0.4, 0.5) is 17.1 Å². The number of hydrogen-bond acceptors (Lipinski definition) is 4. The molecule has 0 unspecified atom stereocenters. The van der Waals surface area contributed by atoms with Crippen LogP contribution < -0.4 is 4.90 Å². The van der Waals surface area contributed by atoms with Crippen molar-refractivity contribution in [1.29, 1.82) is 5.26 Å². The van der Waals surface area contributed by atoms with Gasteiger partial charge in [-0.1, -0.05) is 34.1 Å². The van der Waals surface area contributed by atoms with Crippen molar-refractivity contribution in [2.24, 2.45) is 0 Å². The van der Waals surface area contributed by atoms with Crippen LogP contribution >= 0.6 is 15.9 Å². The number of nitrogens with zero attached hydrogens (tertiary/aromatic N) is 3. The van der Waals surface area contributed by atoms with Crippen molar-refractivity contribution in [3.63, 3.8) is 0 Å². The molecule has 0 spiro atoms. The molecule has 0 atom stereocenters. The highest BCUT2D eigenvalue weighted by Crippen LogP contribution is 2.35. The van der Waals surface area contributed by atoms with E-state index in [1.54, 1.807) is 17.0 Å². The first-order valence-electron chi connectivity index (χ1n) is 6.27. The summed E-state index contributed by atoms with van der Waals surface area (Å²) in [5, 5.41) is 20.1. The van der Waals surface area contributed by atoms with Gasteiger partial charge in [0.1, 0.15) is 5.69 Å². The van der Waals surface area contributed by atoms with Crippen molar-refractivity contribution in [3.8, 4) is 6.07 Å². The number of hydrogen-bond donors (Lipinski definition) is 0. The van der Waals surface area contributed by atoms with Gasteiger partial charge in [0.15, 0.2) is 0 Å². The molecule has 0 aliphatic carbocycles. The van der Waals surface area contributed by atoms with Gasteiger partial charge in [-0.2, -0.15) is 5.26 Å². The van der Waals surface area contributed by atoms with Crippen LogP contribution in [0.2, 0.25) is 0 Å². The summed E-state index contributed by atoms with van der Waals surface area (Å²) in [6.45, 7) is 0.392. The zero-order valence-corrected chi connectivity index (χ0v) is 12.7. The van der Waals surface area contributed by atoms with Gasteiger partial charge in [-0.05, 0) is 24.3 Å². The second kappa shape index (κ2) is 6.86. The predicted molar refractivity (Wildman–Crippen MR) is 84.5 cm³/mol. The third-order valence-electron chi connectivity index (χ3n) is 2.94. The Labute approximate surface area is 130 Å². The third kappa shape index (κ3) is 3.58. The first kappa shape index (κ1) is 15.0. The monoisotopic (exact) mass is 345 g/mol. The topological polar surface area (TPSA) is 70.2 Å². The number of halogens is 1. The summed E-state index contributed by atoms with van der Waals surface area (Å²) in [7, 11) is 0. The van der Waals surface area contributed by atoms with Crippen molar-refractivity contribution in [2.45, 2.75) is 6.42 Å². The van der Waals surface area contributed by atoms with Crippen molar-refractivity contribution >= 4 is 33.0 Å². The van der Waals surface area contributed by atoms with E-state index in [1.807, 2.05) is 30.3 Å². The quantitative estimate of drug-likeness (QED) is 0.594. The van der Waals surface area contributed by atoms with Crippen LogP contribution in [0.3, 0.4) is 0 Å². The summed E-state index contributed by atoms with van der Waals surface area (Å²) >= 11 is 3.25. The molecule has 0 amide bonds. The highest BCUT2D eigenvalue weighted by atomic mass is 79.9. The molecule has 0 bridgehead atoms. The maximum Gasteiger partial charge on any atom is 0.294 e. The molecule has 2 aromatic rings. The van der Waals surface area contributed by atoms with Crippen LogP contribution in [0.5, 0.6) is 0 Å². The second-order valence-corrected chi connectivity index (χ2v) is 5.20. The summed E-state index contributed by atoms with van der Waals surface area (Å²) in [6, 6.07) is 16.3. The maximum absolute atomic E-state index is 11.3. The predicted octanol–water partition coefficient (Wildman–Crippen LogP) is 4.41. The van der Waals surface area contributed by atoms with Crippen LogP contribution in [0, 0.1) is 21.4 Å². The highest BCUT2D eigenvalue weighted by molar-refractivity contribution is 9.10. The fourth-order valence-electron chi connectivity index (χ4n) is 2.03. The minimum absolute atomic E-state index is 0.00571. The Morgan fingerprint density at radius 3 is 2.57 bits per heavy atom. The summed E-state index contributed by atoms with van der Waals surface area (Å²) in [4.78, 5) is 12.6. The number of anilines is 2. The van der Waals surface area contributed by atoms with Crippen LogP contribution in [-0.2, 0) is 0 Å². The number of para-hydroxylation sites is 1. The Kier molecular flexibility index (Phi) is 4.90. The Bertz CT molecular complexity index is 683. The maximum atomic E-state index is 11.3. The third-order valence-corrected chi connectivity index (χ3v) is 3.43. The molecule has 0 aromatic heterocycles. The Morgan fingerprint density at radius 2 is 1.95 bits per heavy atom. The molecule has 5 nitrogen and oxygen atoms in total. The molecule has 0 saturated carbocycles. The normalized spacial score (nSPS) is 9.90. The number of nitro benzene ring substituents is 1. The van der Waals surface area contributed by atoms with Crippen molar-refractivity contribution in [3.05, 3.63) is 63.1 Å². The van der Waals surface area contributed by atoms with E-state index in [0.717, 1.165) is 5.69 Å². The number of benzene rings is 2. The lowest BCUT2D eigenvalue weighted by molar-refractivity contribution is -0.384. The van der Waals surface area contributed by atoms with E-state index in [4.69, 9.17) is 5.26 Å². The zero-order chi connectivity index (χ0) is 15.2. The van der Waals surface area contributed by atoms with Gasteiger partial charge >= 0.3 is 0 Å². The molecular weight excluding hydrogens is 334 g/mol. The van der Waals surface area contributed by atoms with Crippen LogP contribution in [0.15, 0.2) is 53.0 Å². The molecule has 0 heterocycles. The molecule has 0 fully saturated rings. The van der Waals surface area contributed by atoms with Gasteiger partial charge in [-0.25, -0.2) is 0 Å². The first-order chi connectivity index (χ1) is 10.1. The summed E-state index contributed by atoms with van der Waals surface area (Å²) in [5.41, 5.74) is 1.30. The van der Waals surface area contributed by atoms with E-state index in [9.17, 15) is 10.1 Å².